The first kappa shape index (κ1) is 17.0. The number of para-hydroxylation sites is 1. The van der Waals surface area contributed by atoms with E-state index in [1.165, 1.54) is 0 Å². The van der Waals surface area contributed by atoms with Gasteiger partial charge in [-0.1, -0.05) is 55.8 Å². The molecule has 0 saturated carbocycles. The Morgan fingerprint density at radius 1 is 1.04 bits per heavy atom. The van der Waals surface area contributed by atoms with E-state index in [-0.39, 0.29) is 0 Å². The van der Waals surface area contributed by atoms with Crippen LogP contribution in [0.2, 0.25) is 5.02 Å². The number of hydrogen-bond donors (Lipinski definition) is 1. The van der Waals surface area contributed by atoms with Gasteiger partial charge in [0.1, 0.15) is 17.4 Å². The third-order valence-corrected chi connectivity index (χ3v) is 4.74. The van der Waals surface area contributed by atoms with Gasteiger partial charge in [0.05, 0.1) is 17.2 Å². The summed E-state index contributed by atoms with van der Waals surface area (Å²) in [4.78, 5) is 9.24. The molecule has 2 heterocycles. The summed E-state index contributed by atoms with van der Waals surface area (Å²) in [5.74, 6) is 1.05. The van der Waals surface area contributed by atoms with E-state index in [4.69, 9.17) is 16.6 Å². The fourth-order valence-corrected chi connectivity index (χ4v) is 3.46. The number of hydrogen-bond acceptors (Lipinski definition) is 3. The molecule has 0 aliphatic rings. The highest BCUT2D eigenvalue weighted by atomic mass is 35.5. The number of nitrogens with zero attached hydrogens (tertiary/aromatic N) is 3. The first-order valence-electron chi connectivity index (χ1n) is 8.72. The maximum Gasteiger partial charge on any atom is 0.143 e. The number of aromatic nitrogens is 3. The van der Waals surface area contributed by atoms with Crippen LogP contribution >= 0.6 is 11.6 Å². The van der Waals surface area contributed by atoms with Crippen LogP contribution in [0.25, 0.3) is 21.9 Å². The van der Waals surface area contributed by atoms with E-state index in [1.807, 2.05) is 30.3 Å². The van der Waals surface area contributed by atoms with E-state index < -0.39 is 6.10 Å². The fourth-order valence-electron chi connectivity index (χ4n) is 3.33. The van der Waals surface area contributed by atoms with Gasteiger partial charge in [-0.25, -0.2) is 4.98 Å². The zero-order chi connectivity index (χ0) is 18.3. The molecule has 1 atom stereocenters. The van der Waals surface area contributed by atoms with Crippen molar-refractivity contribution in [2.45, 2.75) is 26.5 Å². The Balaban J connectivity index is 1.96. The number of rotatable bonds is 4. The molecular weight excluding hydrogens is 346 g/mol. The molecule has 0 fully saturated rings. The van der Waals surface area contributed by atoms with E-state index in [9.17, 15) is 5.11 Å². The van der Waals surface area contributed by atoms with Crippen molar-refractivity contribution in [3.8, 4) is 0 Å². The van der Waals surface area contributed by atoms with Crippen LogP contribution in [0.4, 0.5) is 0 Å². The summed E-state index contributed by atoms with van der Waals surface area (Å²) in [6, 6.07) is 15.3. The molecule has 26 heavy (non-hydrogen) atoms. The second-order valence-electron chi connectivity index (χ2n) is 6.94. The van der Waals surface area contributed by atoms with E-state index in [1.54, 1.807) is 18.3 Å². The van der Waals surface area contributed by atoms with Gasteiger partial charge in [-0.05, 0) is 29.7 Å². The van der Waals surface area contributed by atoms with Crippen molar-refractivity contribution in [2.24, 2.45) is 5.92 Å². The van der Waals surface area contributed by atoms with E-state index in [0.29, 0.717) is 16.8 Å². The zero-order valence-electron chi connectivity index (χ0n) is 14.7. The second-order valence-corrected chi connectivity index (χ2v) is 7.37. The molecule has 0 aliphatic heterocycles. The summed E-state index contributed by atoms with van der Waals surface area (Å²) in [7, 11) is 0. The summed E-state index contributed by atoms with van der Waals surface area (Å²) in [5.41, 5.74) is 3.52. The lowest BCUT2D eigenvalue weighted by Crippen LogP contribution is -2.13. The number of aliphatic hydroxyl groups is 1. The Hall–Kier alpha value is -2.43. The topological polar surface area (TPSA) is 50.9 Å². The van der Waals surface area contributed by atoms with Gasteiger partial charge in [0, 0.05) is 17.0 Å². The summed E-state index contributed by atoms with van der Waals surface area (Å²) < 4.78 is 2.13. The van der Waals surface area contributed by atoms with Crippen molar-refractivity contribution in [3.63, 3.8) is 0 Å². The van der Waals surface area contributed by atoms with Crippen LogP contribution in [0.1, 0.15) is 31.3 Å². The highest BCUT2D eigenvalue weighted by Gasteiger charge is 2.22. The first-order valence-corrected chi connectivity index (χ1v) is 9.10. The van der Waals surface area contributed by atoms with Crippen LogP contribution in [0.3, 0.4) is 0 Å². The SMILES string of the molecule is CC(C)Cn1c(C(O)c2ccc(Cl)cc2)nc2cnc3ccccc3c21. The molecule has 4 nitrogen and oxygen atoms in total. The van der Waals surface area contributed by atoms with E-state index in [0.717, 1.165) is 34.0 Å². The Morgan fingerprint density at radius 3 is 2.50 bits per heavy atom. The average molecular weight is 366 g/mol. The third-order valence-electron chi connectivity index (χ3n) is 4.49. The highest BCUT2D eigenvalue weighted by Crippen LogP contribution is 2.30. The molecule has 4 rings (SSSR count). The Bertz CT molecular complexity index is 1070. The lowest BCUT2D eigenvalue weighted by Gasteiger charge is -2.16. The van der Waals surface area contributed by atoms with Crippen molar-refractivity contribution < 1.29 is 5.11 Å². The highest BCUT2D eigenvalue weighted by molar-refractivity contribution is 6.30. The van der Waals surface area contributed by atoms with Gasteiger partial charge < -0.3 is 9.67 Å². The van der Waals surface area contributed by atoms with Gasteiger partial charge in [-0.15, -0.1) is 0 Å². The molecule has 2 aromatic carbocycles. The molecule has 1 N–H and O–H groups in total. The molecule has 0 bridgehead atoms. The lowest BCUT2D eigenvalue weighted by atomic mass is 10.1. The van der Waals surface area contributed by atoms with Crippen molar-refractivity contribution in [1.29, 1.82) is 0 Å². The van der Waals surface area contributed by atoms with Gasteiger partial charge in [-0.2, -0.15) is 0 Å². The number of benzene rings is 2. The molecule has 5 heteroatoms. The van der Waals surface area contributed by atoms with Crippen molar-refractivity contribution in [1.82, 2.24) is 14.5 Å². The average Bonchev–Trinajstić information content (AvgIpc) is 3.00. The smallest absolute Gasteiger partial charge is 0.143 e. The molecule has 4 aromatic rings. The molecule has 1 unspecified atom stereocenters. The fraction of sp³-hybridized carbons (Fsp3) is 0.238. The Morgan fingerprint density at radius 2 is 1.77 bits per heavy atom. The first-order chi connectivity index (χ1) is 12.5. The van der Waals surface area contributed by atoms with E-state index in [2.05, 4.69) is 29.5 Å². The van der Waals surface area contributed by atoms with Gasteiger partial charge in [0.2, 0.25) is 0 Å². The predicted molar refractivity (Wildman–Crippen MR) is 105 cm³/mol. The molecule has 2 aromatic heterocycles. The molecule has 0 radical (unpaired) electrons. The van der Waals surface area contributed by atoms with Gasteiger partial charge in [0.25, 0.3) is 0 Å². The minimum Gasteiger partial charge on any atom is -0.380 e. The van der Waals surface area contributed by atoms with Gasteiger partial charge >= 0.3 is 0 Å². The monoisotopic (exact) mass is 365 g/mol. The molecular formula is C21H20ClN3O. The number of fused-ring (bicyclic) bond motifs is 3. The Labute approximate surface area is 157 Å². The summed E-state index contributed by atoms with van der Waals surface area (Å²) in [6.07, 6.45) is 0.962. The van der Waals surface area contributed by atoms with Gasteiger partial charge in [0.15, 0.2) is 0 Å². The number of imidazole rings is 1. The molecule has 0 aliphatic carbocycles. The minimum absolute atomic E-state index is 0.412. The number of aliphatic hydroxyl groups excluding tert-OH is 1. The molecule has 0 amide bonds. The second kappa shape index (κ2) is 6.71. The quantitative estimate of drug-likeness (QED) is 0.555. The standard InChI is InChI=1S/C21H20ClN3O/c1-13(2)12-25-19-16-5-3-4-6-17(16)23-11-18(19)24-21(25)20(26)14-7-9-15(22)10-8-14/h3-11,13,20,26H,12H2,1-2H3. The minimum atomic E-state index is -0.822. The predicted octanol–water partition coefficient (Wildman–Crippen LogP) is 4.98. The van der Waals surface area contributed by atoms with Crippen LogP contribution < -0.4 is 0 Å². The van der Waals surface area contributed by atoms with Crippen molar-refractivity contribution in [2.75, 3.05) is 0 Å². The van der Waals surface area contributed by atoms with Crippen LogP contribution in [-0.2, 0) is 6.54 Å². The number of pyridine rings is 1. The lowest BCUT2D eigenvalue weighted by molar-refractivity contribution is 0.203. The van der Waals surface area contributed by atoms with Crippen LogP contribution in [-0.4, -0.2) is 19.6 Å². The zero-order valence-corrected chi connectivity index (χ0v) is 15.5. The molecule has 0 saturated heterocycles. The van der Waals surface area contributed by atoms with E-state index >= 15 is 0 Å². The molecule has 0 spiro atoms. The van der Waals surface area contributed by atoms with Crippen LogP contribution in [0, 0.1) is 5.92 Å². The van der Waals surface area contributed by atoms with Gasteiger partial charge in [-0.3, -0.25) is 4.98 Å². The van der Waals surface area contributed by atoms with Crippen molar-refractivity contribution >= 4 is 33.5 Å². The van der Waals surface area contributed by atoms with Crippen molar-refractivity contribution in [3.05, 3.63) is 71.1 Å². The van der Waals surface area contributed by atoms with Crippen LogP contribution in [0.15, 0.2) is 54.7 Å². The Kier molecular flexibility index (Phi) is 4.39. The molecule has 132 valence electrons. The summed E-state index contributed by atoms with van der Waals surface area (Å²) in [6.45, 7) is 5.09. The maximum absolute atomic E-state index is 11.0. The largest absolute Gasteiger partial charge is 0.380 e. The number of halogens is 1. The maximum atomic E-state index is 11.0. The normalized spacial score (nSPS) is 13.0. The van der Waals surface area contributed by atoms with Crippen LogP contribution in [0.5, 0.6) is 0 Å². The summed E-state index contributed by atoms with van der Waals surface area (Å²) >= 11 is 5.98. The third kappa shape index (κ3) is 2.96. The summed E-state index contributed by atoms with van der Waals surface area (Å²) in [5, 5.41) is 12.7.